The van der Waals surface area contributed by atoms with E-state index >= 15 is 0 Å². The Morgan fingerprint density at radius 2 is 1.85 bits per heavy atom. The molecule has 0 bridgehead atoms. The minimum Gasteiger partial charge on any atom is -0.349 e. The molecule has 0 unspecified atom stereocenters. The minimum atomic E-state index is -0.514. The number of aryl methyl sites for hydroxylation is 1. The highest BCUT2D eigenvalue weighted by molar-refractivity contribution is 6.07. The summed E-state index contributed by atoms with van der Waals surface area (Å²) in [4.78, 5) is 35.3. The second-order valence-electron chi connectivity index (χ2n) is 6.44. The lowest BCUT2D eigenvalue weighted by Gasteiger charge is -2.12. The molecule has 0 aromatic heterocycles. The number of amides is 2. The average molecular weight is 353 g/mol. The molecule has 0 saturated heterocycles. The molecule has 7 nitrogen and oxygen atoms in total. The fraction of sp³-hybridized carbons (Fsp3) is 0.263. The van der Waals surface area contributed by atoms with Crippen molar-refractivity contribution in [2.45, 2.75) is 32.7 Å². The van der Waals surface area contributed by atoms with Crippen LogP contribution in [-0.4, -0.2) is 22.8 Å². The summed E-state index contributed by atoms with van der Waals surface area (Å²) in [5.74, 6) is -0.622. The highest BCUT2D eigenvalue weighted by atomic mass is 16.6. The molecule has 0 spiro atoms. The van der Waals surface area contributed by atoms with Crippen LogP contribution in [-0.2, 0) is 0 Å². The standard InChI is InChI=1S/C19H19N3O4/c1-11-6-7-13(18(23)20-14-8-9-14)10-16(11)21-19(24)15-4-3-5-17(12(15)2)22(25)26/h3-7,10,14H,8-9H2,1-2H3,(H,20,23)(H,21,24). The third-order valence-corrected chi connectivity index (χ3v) is 4.41. The van der Waals surface area contributed by atoms with Crippen LogP contribution in [0.25, 0.3) is 0 Å². The molecule has 2 aromatic carbocycles. The number of carbonyl (C=O) groups excluding carboxylic acids is 2. The first-order valence-electron chi connectivity index (χ1n) is 8.33. The Bertz CT molecular complexity index is 904. The zero-order chi connectivity index (χ0) is 18.8. The van der Waals surface area contributed by atoms with E-state index in [4.69, 9.17) is 0 Å². The highest BCUT2D eigenvalue weighted by Crippen LogP contribution is 2.24. The van der Waals surface area contributed by atoms with Crippen molar-refractivity contribution in [2.75, 3.05) is 5.32 Å². The van der Waals surface area contributed by atoms with Crippen molar-refractivity contribution < 1.29 is 14.5 Å². The van der Waals surface area contributed by atoms with Gasteiger partial charge < -0.3 is 10.6 Å². The first-order chi connectivity index (χ1) is 12.4. The summed E-state index contributed by atoms with van der Waals surface area (Å²) in [7, 11) is 0. The molecular formula is C19H19N3O4. The van der Waals surface area contributed by atoms with Crippen molar-refractivity contribution >= 4 is 23.2 Å². The quantitative estimate of drug-likeness (QED) is 0.635. The second kappa shape index (κ2) is 6.95. The van der Waals surface area contributed by atoms with Crippen molar-refractivity contribution in [2.24, 2.45) is 0 Å². The van der Waals surface area contributed by atoms with Gasteiger partial charge in [-0.2, -0.15) is 0 Å². The Morgan fingerprint density at radius 3 is 2.50 bits per heavy atom. The maximum Gasteiger partial charge on any atom is 0.273 e. The summed E-state index contributed by atoms with van der Waals surface area (Å²) in [6.45, 7) is 3.36. The second-order valence-corrected chi connectivity index (χ2v) is 6.44. The summed E-state index contributed by atoms with van der Waals surface area (Å²) in [5, 5.41) is 16.7. The Kier molecular flexibility index (Phi) is 4.71. The summed E-state index contributed by atoms with van der Waals surface area (Å²) in [6, 6.07) is 9.72. The van der Waals surface area contributed by atoms with Gasteiger partial charge in [-0.1, -0.05) is 12.1 Å². The van der Waals surface area contributed by atoms with Crippen LogP contribution in [0, 0.1) is 24.0 Å². The number of carbonyl (C=O) groups is 2. The first-order valence-corrected chi connectivity index (χ1v) is 8.33. The molecule has 1 aliphatic rings. The number of rotatable bonds is 5. The summed E-state index contributed by atoms with van der Waals surface area (Å²) in [6.07, 6.45) is 1.99. The number of nitrogens with zero attached hydrogens (tertiary/aromatic N) is 1. The third-order valence-electron chi connectivity index (χ3n) is 4.41. The normalized spacial score (nSPS) is 13.2. The maximum absolute atomic E-state index is 12.6. The van der Waals surface area contributed by atoms with Crippen molar-refractivity contribution in [3.05, 3.63) is 68.8 Å². The predicted octanol–water partition coefficient (Wildman–Crippen LogP) is 3.36. The van der Waals surface area contributed by atoms with E-state index in [0.29, 0.717) is 16.8 Å². The summed E-state index contributed by atoms with van der Waals surface area (Å²) in [5.41, 5.74) is 2.19. The molecule has 2 aromatic rings. The van der Waals surface area contributed by atoms with Crippen LogP contribution in [0.5, 0.6) is 0 Å². The molecule has 1 fully saturated rings. The molecule has 2 N–H and O–H groups in total. The van der Waals surface area contributed by atoms with Crippen LogP contribution >= 0.6 is 0 Å². The molecule has 1 saturated carbocycles. The molecule has 0 radical (unpaired) electrons. The van der Waals surface area contributed by atoms with E-state index in [1.165, 1.54) is 18.2 Å². The van der Waals surface area contributed by atoms with Gasteiger partial charge in [-0.3, -0.25) is 19.7 Å². The van der Waals surface area contributed by atoms with E-state index in [9.17, 15) is 19.7 Å². The molecule has 26 heavy (non-hydrogen) atoms. The van der Waals surface area contributed by atoms with Crippen LogP contribution in [0.3, 0.4) is 0 Å². The molecular weight excluding hydrogens is 334 g/mol. The maximum atomic E-state index is 12.6. The van der Waals surface area contributed by atoms with Crippen molar-refractivity contribution in [1.82, 2.24) is 5.32 Å². The van der Waals surface area contributed by atoms with Crippen LogP contribution in [0.15, 0.2) is 36.4 Å². The van der Waals surface area contributed by atoms with Crippen LogP contribution in [0.4, 0.5) is 11.4 Å². The monoisotopic (exact) mass is 353 g/mol. The molecule has 0 atom stereocenters. The van der Waals surface area contributed by atoms with Gasteiger partial charge in [0.1, 0.15) is 0 Å². The molecule has 1 aliphatic carbocycles. The number of hydrogen-bond donors (Lipinski definition) is 2. The fourth-order valence-electron chi connectivity index (χ4n) is 2.65. The lowest BCUT2D eigenvalue weighted by Crippen LogP contribution is -2.25. The first kappa shape index (κ1) is 17.6. The highest BCUT2D eigenvalue weighted by Gasteiger charge is 2.24. The van der Waals surface area contributed by atoms with Gasteiger partial charge >= 0.3 is 0 Å². The number of anilines is 1. The van der Waals surface area contributed by atoms with Crippen molar-refractivity contribution in [1.29, 1.82) is 0 Å². The molecule has 7 heteroatoms. The number of nitrogens with one attached hydrogen (secondary N) is 2. The van der Waals surface area contributed by atoms with Crippen LogP contribution < -0.4 is 10.6 Å². The van der Waals surface area contributed by atoms with Gasteiger partial charge in [-0.15, -0.1) is 0 Å². The van der Waals surface area contributed by atoms with Gasteiger partial charge in [-0.25, -0.2) is 0 Å². The van der Waals surface area contributed by atoms with E-state index in [0.717, 1.165) is 18.4 Å². The van der Waals surface area contributed by atoms with E-state index in [1.54, 1.807) is 25.1 Å². The average Bonchev–Trinajstić information content (AvgIpc) is 3.40. The van der Waals surface area contributed by atoms with Gasteiger partial charge in [0, 0.05) is 34.5 Å². The molecule has 3 rings (SSSR count). The van der Waals surface area contributed by atoms with Gasteiger partial charge in [0.25, 0.3) is 17.5 Å². The fourth-order valence-corrected chi connectivity index (χ4v) is 2.65. The van der Waals surface area contributed by atoms with Crippen molar-refractivity contribution in [3.63, 3.8) is 0 Å². The van der Waals surface area contributed by atoms with Gasteiger partial charge in [0.2, 0.25) is 0 Å². The van der Waals surface area contributed by atoms with E-state index < -0.39 is 10.8 Å². The van der Waals surface area contributed by atoms with Crippen LogP contribution in [0.1, 0.15) is 44.7 Å². The lowest BCUT2D eigenvalue weighted by molar-refractivity contribution is -0.385. The molecule has 134 valence electrons. The molecule has 0 heterocycles. The third kappa shape index (κ3) is 3.72. The van der Waals surface area contributed by atoms with E-state index in [1.807, 2.05) is 6.92 Å². The topological polar surface area (TPSA) is 101 Å². The van der Waals surface area contributed by atoms with Crippen molar-refractivity contribution in [3.8, 4) is 0 Å². The SMILES string of the molecule is Cc1ccc(C(=O)NC2CC2)cc1NC(=O)c1cccc([N+](=O)[O-])c1C. The number of benzene rings is 2. The Morgan fingerprint density at radius 1 is 1.12 bits per heavy atom. The van der Waals surface area contributed by atoms with E-state index in [2.05, 4.69) is 10.6 Å². The molecule has 0 aliphatic heterocycles. The Labute approximate surface area is 150 Å². The Hall–Kier alpha value is -3.22. The van der Waals surface area contributed by atoms with E-state index in [-0.39, 0.29) is 23.2 Å². The smallest absolute Gasteiger partial charge is 0.273 e. The predicted molar refractivity (Wildman–Crippen MR) is 97.5 cm³/mol. The zero-order valence-corrected chi connectivity index (χ0v) is 14.5. The lowest BCUT2D eigenvalue weighted by atomic mass is 10.0. The van der Waals surface area contributed by atoms with Crippen LogP contribution in [0.2, 0.25) is 0 Å². The van der Waals surface area contributed by atoms with Gasteiger partial charge in [-0.05, 0) is 50.5 Å². The van der Waals surface area contributed by atoms with Gasteiger partial charge in [0.15, 0.2) is 0 Å². The molecule has 2 amide bonds. The number of nitro benzene ring substituents is 1. The number of hydrogen-bond acceptors (Lipinski definition) is 4. The summed E-state index contributed by atoms with van der Waals surface area (Å²) < 4.78 is 0. The largest absolute Gasteiger partial charge is 0.349 e. The number of nitro groups is 1. The van der Waals surface area contributed by atoms with Gasteiger partial charge in [0.05, 0.1) is 4.92 Å². The zero-order valence-electron chi connectivity index (χ0n) is 14.5. The minimum absolute atomic E-state index is 0.105. The summed E-state index contributed by atoms with van der Waals surface area (Å²) >= 11 is 0. The Balaban J connectivity index is 1.84.